The van der Waals surface area contributed by atoms with Gasteiger partial charge in [0.05, 0.1) is 0 Å². The third-order valence-electron chi connectivity index (χ3n) is 1.21. The molecule has 1 heterocycles. The summed E-state index contributed by atoms with van der Waals surface area (Å²) in [6.45, 7) is 0.967. The number of rotatable bonds is 0. The van der Waals surface area contributed by atoms with E-state index in [-0.39, 0.29) is 0 Å². The van der Waals surface area contributed by atoms with Crippen molar-refractivity contribution in [3.63, 3.8) is 0 Å². The molecule has 0 radical (unpaired) electrons. The molecule has 1 rings (SSSR count). The fourth-order valence-corrected chi connectivity index (χ4v) is 0.724. The summed E-state index contributed by atoms with van der Waals surface area (Å²) in [5.74, 6) is 0. The van der Waals surface area contributed by atoms with Crippen molar-refractivity contribution in [1.82, 2.24) is 0 Å². The molecule has 0 atom stereocenters. The van der Waals surface area contributed by atoms with Gasteiger partial charge in [-0.05, 0) is 18.9 Å². The maximum Gasteiger partial charge on any atom is 0.0392 e. The van der Waals surface area contributed by atoms with Gasteiger partial charge in [0.15, 0.2) is 0 Å². The van der Waals surface area contributed by atoms with Gasteiger partial charge in [-0.15, -0.1) is 0 Å². The highest BCUT2D eigenvalue weighted by Crippen LogP contribution is 1.93. The van der Waals surface area contributed by atoms with Crippen molar-refractivity contribution in [3.8, 4) is 0 Å². The average Bonchev–Trinajstić information content (AvgIpc) is 2.00. The lowest BCUT2D eigenvalue weighted by atomic mass is 10.3. The second-order valence-electron chi connectivity index (χ2n) is 2.01. The van der Waals surface area contributed by atoms with E-state index in [0.29, 0.717) is 0 Å². The summed E-state index contributed by atoms with van der Waals surface area (Å²) >= 11 is 0. The fourth-order valence-electron chi connectivity index (χ4n) is 0.724. The van der Waals surface area contributed by atoms with E-state index in [1.807, 2.05) is 18.4 Å². The zero-order valence-electron chi connectivity index (χ0n) is 5.46. The molecular weight excluding hydrogens is 110 g/mol. The Morgan fingerprint density at radius 1 is 1.11 bits per heavy atom. The number of hydrogen-bond donors (Lipinski definition) is 0. The van der Waals surface area contributed by atoms with Crippen molar-refractivity contribution in [3.05, 3.63) is 24.3 Å². The van der Waals surface area contributed by atoms with Crippen LogP contribution in [0.5, 0.6) is 0 Å². The van der Waals surface area contributed by atoms with E-state index in [1.165, 1.54) is 6.42 Å². The molecule has 0 aromatic rings. The maximum absolute atomic E-state index is 4.14. The Labute approximate surface area is 55.8 Å². The molecule has 1 aliphatic heterocycles. The van der Waals surface area contributed by atoms with Crippen LogP contribution in [-0.4, -0.2) is 12.8 Å². The van der Waals surface area contributed by atoms with Gasteiger partial charge in [-0.2, -0.15) is 0 Å². The molecular formula is C8H11N. The molecule has 0 aromatic heterocycles. The Morgan fingerprint density at radius 2 is 2.11 bits per heavy atom. The van der Waals surface area contributed by atoms with Crippen LogP contribution in [0, 0.1) is 0 Å². The minimum atomic E-state index is 0.967. The van der Waals surface area contributed by atoms with E-state index in [9.17, 15) is 0 Å². The molecule has 0 saturated heterocycles. The van der Waals surface area contributed by atoms with Gasteiger partial charge in [0.25, 0.3) is 0 Å². The summed E-state index contributed by atoms with van der Waals surface area (Å²) in [6, 6.07) is 0. The van der Waals surface area contributed by atoms with Gasteiger partial charge in [0, 0.05) is 12.8 Å². The van der Waals surface area contributed by atoms with Crippen LogP contribution >= 0.6 is 0 Å². The molecule has 9 heavy (non-hydrogen) atoms. The van der Waals surface area contributed by atoms with Gasteiger partial charge in [0.2, 0.25) is 0 Å². The summed E-state index contributed by atoms with van der Waals surface area (Å²) in [7, 11) is 0. The van der Waals surface area contributed by atoms with E-state index in [0.717, 1.165) is 13.0 Å². The number of hydrogen-bond acceptors (Lipinski definition) is 1. The first-order valence-corrected chi connectivity index (χ1v) is 3.32. The minimum Gasteiger partial charge on any atom is -0.293 e. The lowest BCUT2D eigenvalue weighted by Crippen LogP contribution is -1.77. The summed E-state index contributed by atoms with van der Waals surface area (Å²) in [5.41, 5.74) is 0. The van der Waals surface area contributed by atoms with E-state index >= 15 is 0 Å². The minimum absolute atomic E-state index is 0.967. The first kappa shape index (κ1) is 6.27. The highest BCUT2D eigenvalue weighted by atomic mass is 14.7. The van der Waals surface area contributed by atoms with Crippen LogP contribution in [0.2, 0.25) is 0 Å². The Balaban J connectivity index is 2.45. The Hall–Kier alpha value is -0.850. The molecule has 0 aliphatic carbocycles. The van der Waals surface area contributed by atoms with Gasteiger partial charge >= 0.3 is 0 Å². The monoisotopic (exact) mass is 121 g/mol. The second kappa shape index (κ2) is 4.07. The predicted molar refractivity (Wildman–Crippen MR) is 40.9 cm³/mol. The van der Waals surface area contributed by atoms with Gasteiger partial charge in [-0.3, -0.25) is 4.99 Å². The smallest absolute Gasteiger partial charge is 0.0392 e. The summed E-state index contributed by atoms with van der Waals surface area (Å²) in [5, 5.41) is 0. The molecule has 0 aromatic carbocycles. The Kier molecular flexibility index (Phi) is 2.84. The van der Waals surface area contributed by atoms with Crippen LogP contribution in [0.15, 0.2) is 29.3 Å². The van der Waals surface area contributed by atoms with Crippen LogP contribution in [0.1, 0.15) is 12.8 Å². The van der Waals surface area contributed by atoms with Crippen molar-refractivity contribution in [1.29, 1.82) is 0 Å². The number of aliphatic imine (C=N–C) groups is 1. The van der Waals surface area contributed by atoms with Crippen molar-refractivity contribution in [2.24, 2.45) is 4.99 Å². The molecule has 48 valence electrons. The molecule has 0 saturated carbocycles. The van der Waals surface area contributed by atoms with Crippen LogP contribution in [0.25, 0.3) is 0 Å². The standard InChI is InChI=1S/C8H11N/c1-2-4-6-8-9-7-5-3-1/h1-3,5,7H,4,6,8H2/b2-1+,5-3+,9-7?. The molecule has 0 spiro atoms. The highest BCUT2D eigenvalue weighted by molar-refractivity contribution is 5.71. The maximum atomic E-state index is 4.14. The first-order valence-electron chi connectivity index (χ1n) is 3.32. The van der Waals surface area contributed by atoms with Gasteiger partial charge in [0.1, 0.15) is 0 Å². The molecule has 0 bridgehead atoms. The lowest BCUT2D eigenvalue weighted by molar-refractivity contribution is 0.860. The van der Waals surface area contributed by atoms with Crippen LogP contribution < -0.4 is 0 Å². The van der Waals surface area contributed by atoms with E-state index < -0.39 is 0 Å². The topological polar surface area (TPSA) is 12.4 Å². The second-order valence-corrected chi connectivity index (χ2v) is 2.01. The molecule has 1 nitrogen and oxygen atoms in total. The number of nitrogens with zero attached hydrogens (tertiary/aromatic N) is 1. The normalized spacial score (nSPS) is 25.8. The SMILES string of the molecule is C1=NCCC/C=C/C=C/1. The zero-order chi connectivity index (χ0) is 6.36. The average molecular weight is 121 g/mol. The largest absolute Gasteiger partial charge is 0.293 e. The van der Waals surface area contributed by atoms with Crippen LogP contribution in [-0.2, 0) is 0 Å². The van der Waals surface area contributed by atoms with E-state index in [1.54, 1.807) is 0 Å². The lowest BCUT2D eigenvalue weighted by Gasteiger charge is -1.85. The molecule has 1 heteroatoms. The van der Waals surface area contributed by atoms with Crippen molar-refractivity contribution < 1.29 is 0 Å². The summed E-state index contributed by atoms with van der Waals surface area (Å²) in [4.78, 5) is 4.14. The third-order valence-corrected chi connectivity index (χ3v) is 1.21. The van der Waals surface area contributed by atoms with Crippen LogP contribution in [0.4, 0.5) is 0 Å². The van der Waals surface area contributed by atoms with Crippen LogP contribution in [0.3, 0.4) is 0 Å². The van der Waals surface area contributed by atoms with Gasteiger partial charge < -0.3 is 0 Å². The van der Waals surface area contributed by atoms with Gasteiger partial charge in [-0.25, -0.2) is 0 Å². The Bertz CT molecular complexity index is 127. The van der Waals surface area contributed by atoms with E-state index in [2.05, 4.69) is 17.1 Å². The Morgan fingerprint density at radius 3 is 3.11 bits per heavy atom. The highest BCUT2D eigenvalue weighted by Gasteiger charge is 1.80. The molecule has 0 amide bonds. The summed E-state index contributed by atoms with van der Waals surface area (Å²) in [6.07, 6.45) is 12.4. The molecule has 0 N–H and O–H groups in total. The molecule has 0 unspecified atom stereocenters. The van der Waals surface area contributed by atoms with E-state index in [4.69, 9.17) is 0 Å². The predicted octanol–water partition coefficient (Wildman–Crippen LogP) is 1.96. The summed E-state index contributed by atoms with van der Waals surface area (Å²) < 4.78 is 0. The first-order chi connectivity index (χ1) is 4.50. The quantitative estimate of drug-likeness (QED) is 0.464. The zero-order valence-corrected chi connectivity index (χ0v) is 5.46. The van der Waals surface area contributed by atoms with Gasteiger partial charge in [-0.1, -0.05) is 18.2 Å². The third kappa shape index (κ3) is 2.85. The fraction of sp³-hybridized carbons (Fsp3) is 0.375. The number of allylic oxidation sites excluding steroid dienone is 4. The van der Waals surface area contributed by atoms with Crippen molar-refractivity contribution in [2.45, 2.75) is 12.8 Å². The van der Waals surface area contributed by atoms with Crippen molar-refractivity contribution >= 4 is 6.21 Å². The molecule has 1 aliphatic rings. The van der Waals surface area contributed by atoms with Crippen molar-refractivity contribution in [2.75, 3.05) is 6.54 Å². The molecule has 0 fully saturated rings.